The fourth-order valence-electron chi connectivity index (χ4n) is 2.33. The van der Waals surface area contributed by atoms with Gasteiger partial charge >= 0.3 is 6.61 Å². The van der Waals surface area contributed by atoms with Gasteiger partial charge in [0, 0.05) is 6.20 Å². The van der Waals surface area contributed by atoms with Gasteiger partial charge in [-0.05, 0) is 24.3 Å². The normalized spacial score (nSPS) is 10.9. The lowest BCUT2D eigenvalue weighted by Gasteiger charge is -2.14. The van der Waals surface area contributed by atoms with Gasteiger partial charge in [-0.15, -0.1) is 10.2 Å². The molecule has 9 heteroatoms. The predicted molar refractivity (Wildman–Crippen MR) is 83.8 cm³/mol. The minimum absolute atomic E-state index is 0.0425. The number of pyridine rings is 1. The molecule has 0 aliphatic heterocycles. The number of methoxy groups -OCH3 is 1. The summed E-state index contributed by atoms with van der Waals surface area (Å²) < 4.78 is 36.4. The summed E-state index contributed by atoms with van der Waals surface area (Å²) in [5.41, 5.74) is 0.573. The summed E-state index contributed by atoms with van der Waals surface area (Å²) >= 11 is 0. The van der Waals surface area contributed by atoms with Crippen molar-refractivity contribution in [2.24, 2.45) is 0 Å². The first kappa shape index (κ1) is 16.6. The first-order chi connectivity index (χ1) is 12.1. The highest BCUT2D eigenvalue weighted by atomic mass is 19.3. The van der Waals surface area contributed by atoms with Crippen LogP contribution in [0.5, 0.6) is 11.5 Å². The Labute approximate surface area is 141 Å². The molecule has 0 bridgehead atoms. The maximum Gasteiger partial charge on any atom is 0.387 e. The number of fused-ring (bicyclic) bond motifs is 1. The number of hydrogen-bond donors (Lipinski definition) is 1. The van der Waals surface area contributed by atoms with Gasteiger partial charge < -0.3 is 14.8 Å². The lowest BCUT2D eigenvalue weighted by Crippen LogP contribution is -2.25. The molecule has 0 aliphatic carbocycles. The molecule has 130 valence electrons. The molecule has 25 heavy (non-hydrogen) atoms. The van der Waals surface area contributed by atoms with Crippen molar-refractivity contribution in [3.63, 3.8) is 0 Å². The van der Waals surface area contributed by atoms with Crippen molar-refractivity contribution < 1.29 is 23.0 Å². The van der Waals surface area contributed by atoms with Crippen LogP contribution in [0.4, 0.5) is 8.78 Å². The number of benzene rings is 1. The molecule has 0 saturated carbocycles. The number of aromatic nitrogens is 3. The molecule has 0 unspecified atom stereocenters. The average Bonchev–Trinajstić information content (AvgIpc) is 3.02. The van der Waals surface area contributed by atoms with Gasteiger partial charge in [0.05, 0.1) is 19.2 Å². The van der Waals surface area contributed by atoms with E-state index in [1.807, 2.05) is 6.07 Å². The number of halogens is 2. The number of carbonyl (C=O) groups is 1. The molecule has 3 aromatic rings. The van der Waals surface area contributed by atoms with Crippen molar-refractivity contribution in [3.8, 4) is 11.5 Å². The Morgan fingerprint density at radius 3 is 2.84 bits per heavy atom. The zero-order valence-corrected chi connectivity index (χ0v) is 13.1. The van der Waals surface area contributed by atoms with Crippen molar-refractivity contribution >= 4 is 11.6 Å². The zero-order valence-electron chi connectivity index (χ0n) is 13.1. The van der Waals surface area contributed by atoms with Crippen LogP contribution in [0, 0.1) is 0 Å². The van der Waals surface area contributed by atoms with Crippen molar-refractivity contribution in [1.82, 2.24) is 19.9 Å². The molecule has 3 rings (SSSR count). The molecule has 1 aromatic carbocycles. The maximum absolute atomic E-state index is 12.6. The van der Waals surface area contributed by atoms with Crippen LogP contribution in [0.2, 0.25) is 0 Å². The highest BCUT2D eigenvalue weighted by Gasteiger charge is 2.20. The van der Waals surface area contributed by atoms with E-state index in [2.05, 4.69) is 20.3 Å². The summed E-state index contributed by atoms with van der Waals surface area (Å²) in [7, 11) is 1.30. The molecular formula is C16H14F2N4O3. The van der Waals surface area contributed by atoms with E-state index in [-0.39, 0.29) is 23.6 Å². The van der Waals surface area contributed by atoms with E-state index in [0.717, 1.165) is 0 Å². The number of nitrogens with zero attached hydrogens (tertiary/aromatic N) is 3. The Morgan fingerprint density at radius 1 is 1.24 bits per heavy atom. The summed E-state index contributed by atoms with van der Waals surface area (Å²) in [4.78, 5) is 12.4. The second-order valence-electron chi connectivity index (χ2n) is 4.94. The van der Waals surface area contributed by atoms with Crippen LogP contribution in [-0.4, -0.2) is 34.2 Å². The van der Waals surface area contributed by atoms with Gasteiger partial charge in [0.2, 0.25) is 0 Å². The maximum atomic E-state index is 12.6. The molecule has 0 radical (unpaired) electrons. The molecule has 0 saturated heterocycles. The number of carbonyl (C=O) groups excluding carboxylic acids is 1. The summed E-state index contributed by atoms with van der Waals surface area (Å²) in [6, 6.07) is 9.71. The Bertz CT molecular complexity index is 898. The van der Waals surface area contributed by atoms with Crippen LogP contribution in [-0.2, 0) is 6.54 Å². The van der Waals surface area contributed by atoms with Gasteiger partial charge in [-0.1, -0.05) is 12.1 Å². The smallest absolute Gasteiger partial charge is 0.387 e. The number of amides is 1. The first-order valence-corrected chi connectivity index (χ1v) is 7.29. The largest absolute Gasteiger partial charge is 0.493 e. The second-order valence-corrected chi connectivity index (χ2v) is 4.94. The molecule has 0 fully saturated rings. The number of para-hydroxylation sites is 1. The van der Waals surface area contributed by atoms with Gasteiger partial charge in [0.1, 0.15) is 0 Å². The highest BCUT2D eigenvalue weighted by Crippen LogP contribution is 2.32. The fraction of sp³-hybridized carbons (Fsp3) is 0.188. The van der Waals surface area contributed by atoms with Crippen molar-refractivity contribution in [2.75, 3.05) is 7.11 Å². The molecule has 1 amide bonds. The van der Waals surface area contributed by atoms with E-state index < -0.39 is 12.5 Å². The van der Waals surface area contributed by atoms with Gasteiger partial charge in [-0.3, -0.25) is 9.20 Å². The number of ether oxygens (including phenoxy) is 2. The number of rotatable bonds is 6. The molecule has 7 nitrogen and oxygen atoms in total. The lowest BCUT2D eigenvalue weighted by atomic mass is 10.1. The SMILES string of the molecule is COc1cccc(C(=O)NCc2nnc3ccccn23)c1OC(F)F. The summed E-state index contributed by atoms with van der Waals surface area (Å²) in [5, 5.41) is 10.6. The fourth-order valence-corrected chi connectivity index (χ4v) is 2.33. The van der Waals surface area contributed by atoms with Gasteiger partial charge in [-0.2, -0.15) is 8.78 Å². The standard InChI is InChI=1S/C16H14F2N4O3/c1-24-11-6-4-5-10(14(11)25-16(17)18)15(23)19-9-13-21-20-12-7-2-3-8-22(12)13/h2-8,16H,9H2,1H3,(H,19,23). The number of nitrogens with one attached hydrogen (secondary N) is 1. The third-order valence-corrected chi connectivity index (χ3v) is 3.44. The molecule has 0 aliphatic rings. The van der Waals surface area contributed by atoms with Crippen molar-refractivity contribution in [3.05, 3.63) is 54.0 Å². The van der Waals surface area contributed by atoms with Gasteiger partial charge in [0.25, 0.3) is 5.91 Å². The van der Waals surface area contributed by atoms with Crippen LogP contribution >= 0.6 is 0 Å². The van der Waals surface area contributed by atoms with E-state index in [9.17, 15) is 13.6 Å². The van der Waals surface area contributed by atoms with E-state index in [1.54, 1.807) is 22.7 Å². The minimum Gasteiger partial charge on any atom is -0.493 e. The molecule has 1 N–H and O–H groups in total. The van der Waals surface area contributed by atoms with E-state index in [4.69, 9.17) is 4.74 Å². The predicted octanol–water partition coefficient (Wildman–Crippen LogP) is 2.27. The second kappa shape index (κ2) is 7.12. The minimum atomic E-state index is -3.08. The van der Waals surface area contributed by atoms with Crippen LogP contribution < -0.4 is 14.8 Å². The topological polar surface area (TPSA) is 77.8 Å². The monoisotopic (exact) mass is 348 g/mol. The van der Waals surface area contributed by atoms with E-state index in [0.29, 0.717) is 11.5 Å². The Morgan fingerprint density at radius 2 is 2.08 bits per heavy atom. The summed E-state index contributed by atoms with van der Waals surface area (Å²) in [6.45, 7) is -3.02. The molecule has 2 aromatic heterocycles. The zero-order chi connectivity index (χ0) is 17.8. The van der Waals surface area contributed by atoms with E-state index >= 15 is 0 Å². The average molecular weight is 348 g/mol. The quantitative estimate of drug-likeness (QED) is 0.739. The van der Waals surface area contributed by atoms with E-state index in [1.165, 1.54) is 25.3 Å². The van der Waals surface area contributed by atoms with Crippen molar-refractivity contribution in [1.29, 1.82) is 0 Å². The summed E-state index contributed by atoms with van der Waals surface area (Å²) in [5.74, 6) is -0.366. The Hall–Kier alpha value is -3.23. The summed E-state index contributed by atoms with van der Waals surface area (Å²) in [6.07, 6.45) is 1.76. The van der Waals surface area contributed by atoms with Crippen LogP contribution in [0.3, 0.4) is 0 Å². The molecule has 2 heterocycles. The third-order valence-electron chi connectivity index (χ3n) is 3.44. The Balaban J connectivity index is 1.81. The number of hydrogen-bond acceptors (Lipinski definition) is 5. The van der Waals surface area contributed by atoms with Crippen LogP contribution in [0.25, 0.3) is 5.65 Å². The highest BCUT2D eigenvalue weighted by molar-refractivity contribution is 5.97. The third kappa shape index (κ3) is 3.49. The van der Waals surface area contributed by atoms with Gasteiger partial charge in [-0.25, -0.2) is 0 Å². The first-order valence-electron chi connectivity index (χ1n) is 7.29. The number of alkyl halides is 2. The molecule has 0 atom stereocenters. The van der Waals surface area contributed by atoms with Crippen molar-refractivity contribution in [2.45, 2.75) is 13.2 Å². The molecule has 0 spiro atoms. The van der Waals surface area contributed by atoms with Crippen LogP contribution in [0.1, 0.15) is 16.2 Å². The lowest BCUT2D eigenvalue weighted by molar-refractivity contribution is -0.0515. The van der Waals surface area contributed by atoms with Crippen LogP contribution in [0.15, 0.2) is 42.6 Å². The Kier molecular flexibility index (Phi) is 4.73. The molecular weight excluding hydrogens is 334 g/mol. The van der Waals surface area contributed by atoms with Gasteiger partial charge in [0.15, 0.2) is 23.0 Å².